The molecular formula is C12H16BrIN2O. The summed E-state index contributed by atoms with van der Waals surface area (Å²) in [6.07, 6.45) is 0. The van der Waals surface area contributed by atoms with Gasteiger partial charge in [0.15, 0.2) is 0 Å². The molecule has 0 saturated heterocycles. The van der Waals surface area contributed by atoms with E-state index >= 15 is 0 Å². The molecule has 0 radical (unpaired) electrons. The zero-order valence-electron chi connectivity index (χ0n) is 10.1. The number of nitrogens with zero attached hydrogens (tertiary/aromatic N) is 1. The standard InChI is InChI=1S/C12H16BrIN2O/c1-8(2)16(3)12(17)7-15-11-5-4-9(14)6-10(11)13/h4-6,8,15H,7H2,1-3H3. The normalized spacial score (nSPS) is 10.5. The van der Waals surface area contributed by atoms with Crippen LogP contribution in [0.1, 0.15) is 13.8 Å². The highest BCUT2D eigenvalue weighted by Gasteiger charge is 2.11. The number of anilines is 1. The van der Waals surface area contributed by atoms with Gasteiger partial charge in [0.2, 0.25) is 5.91 Å². The second-order valence-electron chi connectivity index (χ2n) is 4.08. The number of carbonyl (C=O) groups is 1. The van der Waals surface area contributed by atoms with E-state index in [2.05, 4.69) is 43.8 Å². The lowest BCUT2D eigenvalue weighted by Gasteiger charge is -2.22. The molecule has 0 fully saturated rings. The Hall–Kier alpha value is -0.300. The summed E-state index contributed by atoms with van der Waals surface area (Å²) in [6.45, 7) is 4.31. The summed E-state index contributed by atoms with van der Waals surface area (Å²) in [7, 11) is 1.82. The van der Waals surface area contributed by atoms with Crippen LogP contribution >= 0.6 is 38.5 Å². The third-order valence-corrected chi connectivity index (χ3v) is 3.86. The Morgan fingerprint density at radius 2 is 2.18 bits per heavy atom. The number of likely N-dealkylation sites (N-methyl/N-ethyl adjacent to an activating group) is 1. The Morgan fingerprint density at radius 1 is 1.53 bits per heavy atom. The largest absolute Gasteiger partial charge is 0.375 e. The first-order chi connectivity index (χ1) is 7.91. The highest BCUT2D eigenvalue weighted by molar-refractivity contribution is 14.1. The first kappa shape index (κ1) is 14.8. The molecule has 1 N–H and O–H groups in total. The highest BCUT2D eigenvalue weighted by atomic mass is 127. The number of hydrogen-bond donors (Lipinski definition) is 1. The van der Waals surface area contributed by atoms with Crippen LogP contribution in [0.15, 0.2) is 22.7 Å². The lowest BCUT2D eigenvalue weighted by Crippen LogP contribution is -2.37. The number of benzene rings is 1. The molecule has 1 rings (SSSR count). The van der Waals surface area contributed by atoms with Crippen molar-refractivity contribution in [3.63, 3.8) is 0 Å². The summed E-state index contributed by atoms with van der Waals surface area (Å²) in [4.78, 5) is 13.5. The van der Waals surface area contributed by atoms with E-state index in [9.17, 15) is 4.79 Å². The minimum absolute atomic E-state index is 0.0884. The van der Waals surface area contributed by atoms with E-state index in [1.54, 1.807) is 4.90 Å². The van der Waals surface area contributed by atoms with Gasteiger partial charge in [-0.3, -0.25) is 4.79 Å². The lowest BCUT2D eigenvalue weighted by atomic mass is 10.3. The summed E-state index contributed by atoms with van der Waals surface area (Å²) in [5.74, 6) is 0.0884. The predicted octanol–water partition coefficient (Wildman–Crippen LogP) is 3.33. The van der Waals surface area contributed by atoms with Crippen LogP contribution in [-0.4, -0.2) is 30.4 Å². The van der Waals surface area contributed by atoms with Gasteiger partial charge in [0.25, 0.3) is 0 Å². The zero-order valence-corrected chi connectivity index (χ0v) is 13.9. The number of rotatable bonds is 4. The van der Waals surface area contributed by atoms with Crippen molar-refractivity contribution in [3.05, 3.63) is 26.2 Å². The summed E-state index contributed by atoms with van der Waals surface area (Å²) in [5, 5.41) is 3.13. The fourth-order valence-corrected chi connectivity index (χ4v) is 2.65. The Kier molecular flexibility index (Phi) is 5.72. The maximum atomic E-state index is 11.8. The number of nitrogens with one attached hydrogen (secondary N) is 1. The van der Waals surface area contributed by atoms with Gasteiger partial charge in [0.1, 0.15) is 0 Å². The van der Waals surface area contributed by atoms with Crippen LogP contribution in [-0.2, 0) is 4.79 Å². The molecule has 0 aliphatic heterocycles. The Balaban J connectivity index is 2.59. The quantitative estimate of drug-likeness (QED) is 0.772. The van der Waals surface area contributed by atoms with Crippen molar-refractivity contribution in [2.45, 2.75) is 19.9 Å². The van der Waals surface area contributed by atoms with Crippen molar-refractivity contribution in [2.24, 2.45) is 0 Å². The lowest BCUT2D eigenvalue weighted by molar-refractivity contribution is -0.129. The molecule has 1 aromatic carbocycles. The summed E-state index contributed by atoms with van der Waals surface area (Å²) < 4.78 is 2.13. The van der Waals surface area contributed by atoms with Crippen molar-refractivity contribution in [2.75, 3.05) is 18.9 Å². The van der Waals surface area contributed by atoms with Gasteiger partial charge in [-0.2, -0.15) is 0 Å². The van der Waals surface area contributed by atoms with Crippen LogP contribution in [0.3, 0.4) is 0 Å². The molecule has 0 aromatic heterocycles. The average molecular weight is 411 g/mol. The number of hydrogen-bond acceptors (Lipinski definition) is 2. The highest BCUT2D eigenvalue weighted by Crippen LogP contribution is 2.24. The number of amides is 1. The van der Waals surface area contributed by atoms with E-state index in [-0.39, 0.29) is 11.9 Å². The van der Waals surface area contributed by atoms with Crippen molar-refractivity contribution in [3.8, 4) is 0 Å². The summed E-state index contributed by atoms with van der Waals surface area (Å²) in [5.41, 5.74) is 0.941. The van der Waals surface area contributed by atoms with Crippen LogP contribution in [0, 0.1) is 3.57 Å². The molecule has 1 aromatic rings. The van der Waals surface area contributed by atoms with E-state index < -0.39 is 0 Å². The van der Waals surface area contributed by atoms with Crippen LogP contribution in [0.2, 0.25) is 0 Å². The monoisotopic (exact) mass is 410 g/mol. The fourth-order valence-electron chi connectivity index (χ4n) is 1.22. The average Bonchev–Trinajstić information content (AvgIpc) is 2.26. The Labute approximate surface area is 124 Å². The molecule has 0 atom stereocenters. The van der Waals surface area contributed by atoms with Crippen molar-refractivity contribution >= 4 is 50.1 Å². The van der Waals surface area contributed by atoms with E-state index in [1.807, 2.05) is 39.1 Å². The maximum Gasteiger partial charge on any atom is 0.241 e. The van der Waals surface area contributed by atoms with E-state index in [4.69, 9.17) is 0 Å². The first-order valence-corrected chi connectivity index (χ1v) is 7.23. The topological polar surface area (TPSA) is 32.3 Å². The molecule has 0 bridgehead atoms. The van der Waals surface area contributed by atoms with E-state index in [1.165, 1.54) is 0 Å². The number of carbonyl (C=O) groups excluding carboxylic acids is 1. The summed E-state index contributed by atoms with van der Waals surface area (Å²) in [6, 6.07) is 6.21. The van der Waals surface area contributed by atoms with Gasteiger partial charge in [0, 0.05) is 26.8 Å². The minimum atomic E-state index is 0.0884. The van der Waals surface area contributed by atoms with Gasteiger partial charge in [-0.05, 0) is 70.6 Å². The van der Waals surface area contributed by atoms with Gasteiger partial charge in [-0.25, -0.2) is 0 Å². The van der Waals surface area contributed by atoms with Crippen LogP contribution in [0.4, 0.5) is 5.69 Å². The van der Waals surface area contributed by atoms with E-state index in [0.717, 1.165) is 13.7 Å². The Morgan fingerprint density at radius 3 is 2.71 bits per heavy atom. The predicted molar refractivity (Wildman–Crippen MR) is 83.3 cm³/mol. The third-order valence-electron chi connectivity index (χ3n) is 2.53. The molecule has 5 heteroatoms. The molecule has 1 amide bonds. The molecule has 17 heavy (non-hydrogen) atoms. The van der Waals surface area contributed by atoms with Crippen LogP contribution in [0.5, 0.6) is 0 Å². The van der Waals surface area contributed by atoms with Gasteiger partial charge < -0.3 is 10.2 Å². The molecule has 0 aliphatic rings. The minimum Gasteiger partial charge on any atom is -0.375 e. The second-order valence-corrected chi connectivity index (χ2v) is 6.18. The van der Waals surface area contributed by atoms with Gasteiger partial charge in [-0.1, -0.05) is 0 Å². The molecule has 0 aliphatic carbocycles. The fraction of sp³-hybridized carbons (Fsp3) is 0.417. The first-order valence-electron chi connectivity index (χ1n) is 5.36. The summed E-state index contributed by atoms with van der Waals surface area (Å²) >= 11 is 5.72. The maximum absolute atomic E-state index is 11.8. The van der Waals surface area contributed by atoms with Crippen molar-refractivity contribution in [1.29, 1.82) is 0 Å². The molecular weight excluding hydrogens is 395 g/mol. The van der Waals surface area contributed by atoms with Gasteiger partial charge in [0.05, 0.1) is 6.54 Å². The van der Waals surface area contributed by atoms with Crippen LogP contribution < -0.4 is 5.32 Å². The van der Waals surface area contributed by atoms with E-state index in [0.29, 0.717) is 6.54 Å². The molecule has 0 heterocycles. The zero-order chi connectivity index (χ0) is 13.0. The Bertz CT molecular complexity index is 409. The van der Waals surface area contributed by atoms with Crippen molar-refractivity contribution < 1.29 is 4.79 Å². The number of halogens is 2. The SMILES string of the molecule is CC(C)N(C)C(=O)CNc1ccc(I)cc1Br. The molecule has 0 unspecified atom stereocenters. The van der Waals surface area contributed by atoms with Crippen LogP contribution in [0.25, 0.3) is 0 Å². The smallest absolute Gasteiger partial charge is 0.241 e. The molecule has 0 spiro atoms. The van der Waals surface area contributed by atoms with Crippen molar-refractivity contribution in [1.82, 2.24) is 4.90 Å². The molecule has 94 valence electrons. The molecule has 0 saturated carbocycles. The second kappa shape index (κ2) is 6.58. The van der Waals surface area contributed by atoms with Gasteiger partial charge in [-0.15, -0.1) is 0 Å². The third kappa shape index (κ3) is 4.46. The molecule has 3 nitrogen and oxygen atoms in total. The van der Waals surface area contributed by atoms with Gasteiger partial charge >= 0.3 is 0 Å².